The van der Waals surface area contributed by atoms with Gasteiger partial charge in [-0.25, -0.2) is 0 Å². The van der Waals surface area contributed by atoms with Crippen molar-refractivity contribution in [3.63, 3.8) is 0 Å². The van der Waals surface area contributed by atoms with Gasteiger partial charge in [0.2, 0.25) is 0 Å². The van der Waals surface area contributed by atoms with Gasteiger partial charge in [-0.15, -0.1) is 5.10 Å². The largest absolute Gasteiger partial charge is 0.494 e. The zero-order valence-corrected chi connectivity index (χ0v) is 12.9. The third kappa shape index (κ3) is 2.41. The van der Waals surface area contributed by atoms with Gasteiger partial charge in [0.1, 0.15) is 17.1 Å². The molecule has 0 aliphatic heterocycles. The SMILES string of the molecule is COc1ccc(C)cc1-n1nnc(-c2ccc(C)cc2)c1N. The number of ether oxygens (including phenoxy) is 1. The summed E-state index contributed by atoms with van der Waals surface area (Å²) >= 11 is 0. The normalized spacial score (nSPS) is 10.7. The Hall–Kier alpha value is -2.82. The fraction of sp³-hybridized carbons (Fsp3) is 0.176. The van der Waals surface area contributed by atoms with E-state index in [1.54, 1.807) is 11.8 Å². The maximum atomic E-state index is 6.26. The lowest BCUT2D eigenvalue weighted by molar-refractivity contribution is 0.411. The van der Waals surface area contributed by atoms with Gasteiger partial charge in [-0.05, 0) is 31.5 Å². The first-order valence-electron chi connectivity index (χ1n) is 7.03. The summed E-state index contributed by atoms with van der Waals surface area (Å²) in [7, 11) is 1.63. The molecule has 2 aromatic carbocycles. The summed E-state index contributed by atoms with van der Waals surface area (Å²) in [5.41, 5.74) is 10.9. The minimum absolute atomic E-state index is 0.493. The van der Waals surface area contributed by atoms with E-state index < -0.39 is 0 Å². The number of methoxy groups -OCH3 is 1. The van der Waals surface area contributed by atoms with Gasteiger partial charge >= 0.3 is 0 Å². The molecule has 3 rings (SSSR count). The summed E-state index contributed by atoms with van der Waals surface area (Å²) in [6, 6.07) is 13.9. The Labute approximate surface area is 129 Å². The molecule has 0 unspecified atom stereocenters. The third-order valence-electron chi connectivity index (χ3n) is 3.59. The van der Waals surface area contributed by atoms with Gasteiger partial charge < -0.3 is 10.5 Å². The van der Waals surface area contributed by atoms with Crippen molar-refractivity contribution in [1.29, 1.82) is 0 Å². The molecule has 0 amide bonds. The fourth-order valence-electron chi connectivity index (χ4n) is 2.35. The van der Waals surface area contributed by atoms with Gasteiger partial charge in [0.05, 0.1) is 7.11 Å². The average Bonchev–Trinajstić information content (AvgIpc) is 2.89. The van der Waals surface area contributed by atoms with E-state index in [2.05, 4.69) is 10.3 Å². The molecule has 0 radical (unpaired) electrons. The maximum Gasteiger partial charge on any atom is 0.156 e. The smallest absolute Gasteiger partial charge is 0.156 e. The highest BCUT2D eigenvalue weighted by Gasteiger charge is 2.16. The number of rotatable bonds is 3. The van der Waals surface area contributed by atoms with Crippen LogP contribution in [-0.4, -0.2) is 22.1 Å². The lowest BCUT2D eigenvalue weighted by Crippen LogP contribution is -2.04. The first-order chi connectivity index (χ1) is 10.6. The zero-order chi connectivity index (χ0) is 15.7. The van der Waals surface area contributed by atoms with E-state index in [-0.39, 0.29) is 0 Å². The van der Waals surface area contributed by atoms with Gasteiger partial charge in [-0.2, -0.15) is 4.68 Å². The molecule has 5 heteroatoms. The van der Waals surface area contributed by atoms with Crippen LogP contribution in [0.2, 0.25) is 0 Å². The van der Waals surface area contributed by atoms with Gasteiger partial charge in [-0.1, -0.05) is 41.1 Å². The van der Waals surface area contributed by atoms with Crippen molar-refractivity contribution in [2.75, 3.05) is 12.8 Å². The monoisotopic (exact) mass is 294 g/mol. The summed E-state index contributed by atoms with van der Waals surface area (Å²) < 4.78 is 7.01. The number of nitrogens with two attached hydrogens (primary N) is 1. The summed E-state index contributed by atoms with van der Waals surface area (Å²) in [4.78, 5) is 0. The number of benzene rings is 2. The number of aryl methyl sites for hydroxylation is 2. The number of hydrogen-bond donors (Lipinski definition) is 1. The van der Waals surface area contributed by atoms with E-state index in [1.165, 1.54) is 5.56 Å². The lowest BCUT2D eigenvalue weighted by Gasteiger charge is -2.10. The molecule has 0 bridgehead atoms. The first kappa shape index (κ1) is 14.1. The molecule has 3 aromatic rings. The van der Waals surface area contributed by atoms with Gasteiger partial charge in [-0.3, -0.25) is 0 Å². The van der Waals surface area contributed by atoms with Crippen molar-refractivity contribution in [3.8, 4) is 22.7 Å². The Morgan fingerprint density at radius 2 is 1.68 bits per heavy atom. The molecule has 22 heavy (non-hydrogen) atoms. The summed E-state index contributed by atoms with van der Waals surface area (Å²) in [6.45, 7) is 4.05. The summed E-state index contributed by atoms with van der Waals surface area (Å²) in [5.74, 6) is 1.20. The predicted molar refractivity (Wildman–Crippen MR) is 87.2 cm³/mol. The molecule has 0 aliphatic rings. The Morgan fingerprint density at radius 1 is 1.00 bits per heavy atom. The molecule has 0 saturated heterocycles. The first-order valence-corrected chi connectivity index (χ1v) is 7.03. The maximum absolute atomic E-state index is 6.26. The van der Waals surface area contributed by atoms with Crippen LogP contribution in [0.4, 0.5) is 5.82 Å². The molecule has 0 aliphatic carbocycles. The molecule has 0 fully saturated rings. The molecule has 2 N–H and O–H groups in total. The van der Waals surface area contributed by atoms with Crippen LogP contribution in [0.25, 0.3) is 16.9 Å². The van der Waals surface area contributed by atoms with Crippen LogP contribution in [0.15, 0.2) is 42.5 Å². The van der Waals surface area contributed by atoms with Crippen molar-refractivity contribution in [2.24, 2.45) is 0 Å². The predicted octanol–water partition coefficient (Wildman–Crippen LogP) is 3.14. The number of aromatic nitrogens is 3. The highest BCUT2D eigenvalue weighted by atomic mass is 16.5. The van der Waals surface area contributed by atoms with Crippen LogP contribution in [0.1, 0.15) is 11.1 Å². The van der Waals surface area contributed by atoms with Gasteiger partial charge in [0, 0.05) is 5.56 Å². The molecular formula is C17H18N4O. The summed E-state index contributed by atoms with van der Waals surface area (Å²) in [6.07, 6.45) is 0. The second-order valence-corrected chi connectivity index (χ2v) is 5.28. The number of nitrogen functional groups attached to an aromatic ring is 1. The van der Waals surface area contributed by atoms with E-state index in [0.717, 1.165) is 16.8 Å². The molecule has 1 heterocycles. The van der Waals surface area contributed by atoms with Crippen LogP contribution in [0, 0.1) is 13.8 Å². The molecule has 0 saturated carbocycles. The highest BCUT2D eigenvalue weighted by Crippen LogP contribution is 2.30. The molecular weight excluding hydrogens is 276 g/mol. The van der Waals surface area contributed by atoms with Crippen molar-refractivity contribution in [3.05, 3.63) is 53.6 Å². The summed E-state index contributed by atoms with van der Waals surface area (Å²) in [5, 5.41) is 8.43. The van der Waals surface area contributed by atoms with Crippen LogP contribution in [0.3, 0.4) is 0 Å². The second-order valence-electron chi connectivity index (χ2n) is 5.28. The van der Waals surface area contributed by atoms with Crippen molar-refractivity contribution in [2.45, 2.75) is 13.8 Å². The van der Waals surface area contributed by atoms with Crippen LogP contribution in [0.5, 0.6) is 5.75 Å². The number of anilines is 1. The van der Waals surface area contributed by atoms with E-state index in [0.29, 0.717) is 17.3 Å². The lowest BCUT2D eigenvalue weighted by atomic mass is 10.1. The molecule has 112 valence electrons. The average molecular weight is 294 g/mol. The third-order valence-corrected chi connectivity index (χ3v) is 3.59. The Balaban J connectivity index is 2.11. The number of nitrogens with zero attached hydrogens (tertiary/aromatic N) is 3. The highest BCUT2D eigenvalue weighted by molar-refractivity contribution is 5.71. The van der Waals surface area contributed by atoms with Gasteiger partial charge in [0.25, 0.3) is 0 Å². The minimum atomic E-state index is 0.493. The van der Waals surface area contributed by atoms with E-state index in [4.69, 9.17) is 10.5 Å². The molecule has 1 aromatic heterocycles. The topological polar surface area (TPSA) is 66.0 Å². The Kier molecular flexibility index (Phi) is 3.55. The van der Waals surface area contributed by atoms with Gasteiger partial charge in [0.15, 0.2) is 5.82 Å². The molecule has 0 spiro atoms. The molecule has 0 atom stereocenters. The Bertz CT molecular complexity index is 806. The van der Waals surface area contributed by atoms with Crippen LogP contribution >= 0.6 is 0 Å². The van der Waals surface area contributed by atoms with Crippen LogP contribution in [-0.2, 0) is 0 Å². The minimum Gasteiger partial charge on any atom is -0.494 e. The van der Waals surface area contributed by atoms with Crippen molar-refractivity contribution < 1.29 is 4.74 Å². The fourth-order valence-corrected chi connectivity index (χ4v) is 2.35. The quantitative estimate of drug-likeness (QED) is 0.806. The second kappa shape index (κ2) is 5.52. The number of hydrogen-bond acceptors (Lipinski definition) is 4. The zero-order valence-electron chi connectivity index (χ0n) is 12.9. The van der Waals surface area contributed by atoms with E-state index in [1.807, 2.05) is 56.3 Å². The standard InChI is InChI=1S/C17H18N4O/c1-11-4-7-13(8-5-11)16-17(18)21(20-19-16)14-10-12(2)6-9-15(14)22-3/h4-10H,18H2,1-3H3. The van der Waals surface area contributed by atoms with E-state index >= 15 is 0 Å². The van der Waals surface area contributed by atoms with Crippen LogP contribution < -0.4 is 10.5 Å². The van der Waals surface area contributed by atoms with Crippen molar-refractivity contribution >= 4 is 5.82 Å². The Morgan fingerprint density at radius 3 is 2.36 bits per heavy atom. The van der Waals surface area contributed by atoms with E-state index in [9.17, 15) is 0 Å². The van der Waals surface area contributed by atoms with Crippen molar-refractivity contribution in [1.82, 2.24) is 15.0 Å². The molecule has 5 nitrogen and oxygen atoms in total.